The highest BCUT2D eigenvalue weighted by molar-refractivity contribution is 6.74. The van der Waals surface area contributed by atoms with E-state index in [9.17, 15) is 10.2 Å². The number of rotatable bonds is 16. The average Bonchev–Trinajstić information content (AvgIpc) is 2.86. The lowest BCUT2D eigenvalue weighted by atomic mass is 9.85. The summed E-state index contributed by atoms with van der Waals surface area (Å²) in [7, 11) is -2.30. The predicted octanol–water partition coefficient (Wildman–Crippen LogP) is 7.81. The monoisotopic (exact) mass is 610 g/mol. The van der Waals surface area contributed by atoms with Gasteiger partial charge in [-0.3, -0.25) is 0 Å². The number of hydrogen-bond donors (Lipinski definition) is 2. The summed E-state index contributed by atoms with van der Waals surface area (Å²) in [5, 5.41) is 23.3. The molecular formula is C33H62O6Si2. The lowest BCUT2D eigenvalue weighted by Gasteiger charge is -2.39. The minimum Gasteiger partial charge on any atom is -0.497 e. The first-order valence-corrected chi connectivity index (χ1v) is 21.0. The summed E-state index contributed by atoms with van der Waals surface area (Å²) in [5.74, 6) is 0.278. The van der Waals surface area contributed by atoms with E-state index in [1.54, 1.807) is 7.11 Å². The third-order valence-corrected chi connectivity index (χ3v) is 18.2. The van der Waals surface area contributed by atoms with Gasteiger partial charge in [0.15, 0.2) is 16.6 Å². The van der Waals surface area contributed by atoms with E-state index in [-0.39, 0.29) is 21.9 Å². The molecule has 1 rings (SSSR count). The van der Waals surface area contributed by atoms with Gasteiger partial charge in [0.25, 0.3) is 0 Å². The third kappa shape index (κ3) is 11.9. The van der Waals surface area contributed by atoms with Crippen molar-refractivity contribution >= 4 is 16.6 Å². The summed E-state index contributed by atoms with van der Waals surface area (Å²) in [6.45, 7) is 30.0. The van der Waals surface area contributed by atoms with Crippen molar-refractivity contribution < 1.29 is 28.5 Å². The average molecular weight is 611 g/mol. The van der Waals surface area contributed by atoms with Gasteiger partial charge in [-0.2, -0.15) is 0 Å². The molecule has 2 N–H and O–H groups in total. The topological polar surface area (TPSA) is 77.4 Å². The van der Waals surface area contributed by atoms with Crippen LogP contribution >= 0.6 is 0 Å². The van der Waals surface area contributed by atoms with Gasteiger partial charge in [0.1, 0.15) is 5.75 Å². The van der Waals surface area contributed by atoms with Crippen LogP contribution in [0.2, 0.25) is 36.3 Å². The Labute approximate surface area is 254 Å². The molecule has 0 bridgehead atoms. The van der Waals surface area contributed by atoms with E-state index in [0.29, 0.717) is 26.4 Å². The molecule has 0 fully saturated rings. The number of methoxy groups -OCH3 is 1. The lowest BCUT2D eigenvalue weighted by molar-refractivity contribution is -0.0475. The zero-order valence-electron chi connectivity index (χ0n) is 28.6. The smallest absolute Gasteiger partial charge is 0.192 e. The van der Waals surface area contributed by atoms with Gasteiger partial charge in [0.05, 0.1) is 32.5 Å². The molecule has 0 heterocycles. The van der Waals surface area contributed by atoms with Crippen molar-refractivity contribution in [2.24, 2.45) is 17.8 Å². The maximum atomic E-state index is 11.6. The van der Waals surface area contributed by atoms with E-state index in [0.717, 1.165) is 16.9 Å². The first-order chi connectivity index (χ1) is 18.6. The fourth-order valence-electron chi connectivity index (χ4n) is 3.99. The molecule has 1 aromatic rings. The summed E-state index contributed by atoms with van der Waals surface area (Å²) in [6.07, 6.45) is 0.455. The van der Waals surface area contributed by atoms with Crippen LogP contribution in [0.1, 0.15) is 67.9 Å². The molecule has 238 valence electrons. The van der Waals surface area contributed by atoms with Gasteiger partial charge in [-0.15, -0.1) is 0 Å². The van der Waals surface area contributed by atoms with E-state index in [1.807, 2.05) is 38.1 Å². The number of hydrogen-bond acceptors (Lipinski definition) is 6. The molecule has 0 saturated heterocycles. The zero-order valence-corrected chi connectivity index (χ0v) is 30.6. The highest BCUT2D eigenvalue weighted by atomic mass is 28.4. The number of aliphatic hydroxyl groups excluding tert-OH is 2. The van der Waals surface area contributed by atoms with Crippen molar-refractivity contribution in [1.29, 1.82) is 0 Å². The minimum atomic E-state index is -2.09. The maximum absolute atomic E-state index is 11.6. The first kappa shape index (κ1) is 38.0. The summed E-state index contributed by atoms with van der Waals surface area (Å²) in [4.78, 5) is 0. The van der Waals surface area contributed by atoms with Crippen LogP contribution in [-0.4, -0.2) is 66.0 Å². The Morgan fingerprint density at radius 2 is 1.32 bits per heavy atom. The van der Waals surface area contributed by atoms with Crippen LogP contribution in [-0.2, 0) is 20.2 Å². The fourth-order valence-corrected chi connectivity index (χ4v) is 6.15. The van der Waals surface area contributed by atoms with Gasteiger partial charge in [-0.25, -0.2) is 0 Å². The number of aliphatic hydroxyl groups is 2. The van der Waals surface area contributed by atoms with Gasteiger partial charge in [0, 0.05) is 25.0 Å². The van der Waals surface area contributed by atoms with Gasteiger partial charge in [0.2, 0.25) is 0 Å². The standard InChI is InChI=1S/C33H62O6Si2/c1-24(20-38-40(11,12)32(4,5)6)19-25(2)30(34)29(23-39-41(13,14)33(7,8)9)31(35)26(3)21-37-22-27-15-17-28(36-10)18-16-27/h15-19,24,26,29-31,34-35H,20-23H2,1-14H3/b25-19+/t24-,26-,29-,30-,31+/m1/s1. The van der Waals surface area contributed by atoms with Crippen LogP contribution in [0.25, 0.3) is 0 Å². The second kappa shape index (κ2) is 15.6. The van der Waals surface area contributed by atoms with E-state index in [1.165, 1.54) is 0 Å². The summed E-state index contributed by atoms with van der Waals surface area (Å²) in [5.41, 5.74) is 1.88. The van der Waals surface area contributed by atoms with Gasteiger partial charge in [-0.1, -0.05) is 73.6 Å². The van der Waals surface area contributed by atoms with Crippen molar-refractivity contribution in [3.63, 3.8) is 0 Å². The predicted molar refractivity (Wildman–Crippen MR) is 177 cm³/mol. The summed E-state index contributed by atoms with van der Waals surface area (Å²) >= 11 is 0. The Kier molecular flexibility index (Phi) is 14.5. The third-order valence-electron chi connectivity index (χ3n) is 9.21. The van der Waals surface area contributed by atoms with Crippen LogP contribution in [0.5, 0.6) is 5.75 Å². The molecule has 0 aliphatic rings. The molecule has 0 aromatic heterocycles. The SMILES string of the molecule is COc1ccc(COC[C@@H](C)[C@H](O)[C@H](CO[Si](C)(C)C(C)(C)C)[C@H](O)/C(C)=C/[C@@H](C)CO[Si](C)(C)C(C)(C)C)cc1. The van der Waals surface area contributed by atoms with Crippen LogP contribution in [0.3, 0.4) is 0 Å². The highest BCUT2D eigenvalue weighted by Crippen LogP contribution is 2.38. The molecule has 0 aliphatic heterocycles. The second-order valence-corrected chi connectivity index (χ2v) is 24.6. The normalized spacial score (nSPS) is 17.6. The Hall–Kier alpha value is -1.01. The van der Waals surface area contributed by atoms with E-state index in [4.69, 9.17) is 18.3 Å². The molecular weight excluding hydrogens is 549 g/mol. The van der Waals surface area contributed by atoms with Crippen LogP contribution in [0.4, 0.5) is 0 Å². The first-order valence-electron chi connectivity index (χ1n) is 15.2. The highest BCUT2D eigenvalue weighted by Gasteiger charge is 2.40. The van der Waals surface area contributed by atoms with E-state index in [2.05, 4.69) is 80.7 Å². The van der Waals surface area contributed by atoms with Crippen molar-refractivity contribution in [3.05, 3.63) is 41.5 Å². The Balaban J connectivity index is 3.01. The van der Waals surface area contributed by atoms with E-state index < -0.39 is 34.8 Å². The zero-order chi connectivity index (χ0) is 31.8. The van der Waals surface area contributed by atoms with Crippen LogP contribution < -0.4 is 4.74 Å². The molecule has 41 heavy (non-hydrogen) atoms. The van der Waals surface area contributed by atoms with Crippen molar-refractivity contribution in [2.45, 2.75) is 117 Å². The molecule has 0 amide bonds. The van der Waals surface area contributed by atoms with E-state index >= 15 is 0 Å². The Morgan fingerprint density at radius 3 is 1.78 bits per heavy atom. The maximum Gasteiger partial charge on any atom is 0.192 e. The van der Waals surface area contributed by atoms with Crippen molar-refractivity contribution in [3.8, 4) is 5.75 Å². The molecule has 0 aliphatic carbocycles. The van der Waals surface area contributed by atoms with Gasteiger partial charge < -0.3 is 28.5 Å². The Bertz CT molecular complexity index is 931. The molecule has 0 unspecified atom stereocenters. The van der Waals surface area contributed by atoms with Crippen molar-refractivity contribution in [1.82, 2.24) is 0 Å². The van der Waals surface area contributed by atoms with Crippen LogP contribution in [0.15, 0.2) is 35.9 Å². The van der Waals surface area contributed by atoms with Gasteiger partial charge >= 0.3 is 0 Å². The number of benzene rings is 1. The minimum absolute atomic E-state index is 0.0288. The van der Waals surface area contributed by atoms with Crippen molar-refractivity contribution in [2.75, 3.05) is 26.9 Å². The van der Waals surface area contributed by atoms with Crippen LogP contribution in [0, 0.1) is 17.8 Å². The van der Waals surface area contributed by atoms with Gasteiger partial charge in [-0.05, 0) is 72.4 Å². The molecule has 0 saturated carbocycles. The quantitative estimate of drug-likeness (QED) is 0.147. The lowest BCUT2D eigenvalue weighted by Crippen LogP contribution is -2.47. The number of ether oxygens (including phenoxy) is 2. The molecule has 8 heteroatoms. The second-order valence-electron chi connectivity index (χ2n) is 15.0. The summed E-state index contributed by atoms with van der Waals surface area (Å²) in [6, 6.07) is 7.78. The molecule has 1 aromatic carbocycles. The fraction of sp³-hybridized carbons (Fsp3) is 0.758. The Morgan fingerprint density at radius 1 is 0.829 bits per heavy atom. The molecule has 0 spiro atoms. The molecule has 0 radical (unpaired) electrons. The largest absolute Gasteiger partial charge is 0.497 e. The molecule has 6 nitrogen and oxygen atoms in total. The molecule has 5 atom stereocenters. The summed E-state index contributed by atoms with van der Waals surface area (Å²) < 4.78 is 24.2.